The molecule has 0 spiro atoms. The molecule has 7 nitrogen and oxygen atoms in total. The first-order chi connectivity index (χ1) is 20.2. The van der Waals surface area contributed by atoms with Crippen LogP contribution in [0.1, 0.15) is 58.0 Å². The van der Waals surface area contributed by atoms with E-state index in [1.165, 1.54) is 4.90 Å². The van der Waals surface area contributed by atoms with Crippen LogP contribution in [0.2, 0.25) is 0 Å². The van der Waals surface area contributed by atoms with Crippen LogP contribution in [0.15, 0.2) is 72.8 Å². The molecule has 4 aromatic rings. The number of aryl methyl sites for hydroxylation is 2. The number of amides is 2. The van der Waals surface area contributed by atoms with Crippen molar-refractivity contribution in [3.05, 3.63) is 95.1 Å². The van der Waals surface area contributed by atoms with Gasteiger partial charge in [-0.25, -0.2) is 9.78 Å². The van der Waals surface area contributed by atoms with E-state index in [1.54, 1.807) is 42.5 Å². The third-order valence-electron chi connectivity index (χ3n) is 8.50. The molecule has 0 bridgehead atoms. The fourth-order valence-electron chi connectivity index (χ4n) is 6.11. The number of rotatable bonds is 6. The van der Waals surface area contributed by atoms with Crippen LogP contribution in [-0.2, 0) is 14.3 Å². The zero-order valence-corrected chi connectivity index (χ0v) is 23.9. The van der Waals surface area contributed by atoms with Gasteiger partial charge in [-0.1, -0.05) is 60.5 Å². The van der Waals surface area contributed by atoms with Crippen LogP contribution in [0, 0.1) is 31.6 Å². The van der Waals surface area contributed by atoms with Gasteiger partial charge in [-0.05, 0) is 69.4 Å². The van der Waals surface area contributed by atoms with Gasteiger partial charge in [0.05, 0.1) is 34.3 Å². The molecule has 2 aliphatic rings. The van der Waals surface area contributed by atoms with Crippen molar-refractivity contribution in [3.63, 3.8) is 0 Å². The van der Waals surface area contributed by atoms with Gasteiger partial charge in [0.25, 0.3) is 0 Å². The predicted octanol–water partition coefficient (Wildman–Crippen LogP) is 6.48. The zero-order valence-electron chi connectivity index (χ0n) is 23.9. The van der Waals surface area contributed by atoms with Gasteiger partial charge in [-0.15, -0.1) is 0 Å². The summed E-state index contributed by atoms with van der Waals surface area (Å²) in [6.45, 7) is 5.63. The second-order valence-corrected chi connectivity index (χ2v) is 11.6. The average molecular weight is 561 g/mol. The lowest BCUT2D eigenvalue weighted by molar-refractivity contribution is -0.122. The molecule has 0 N–H and O–H groups in total. The topological polar surface area (TPSA) is 93.6 Å². The summed E-state index contributed by atoms with van der Waals surface area (Å²) in [5, 5.41) is 0.633. The molecule has 2 heterocycles. The first kappa shape index (κ1) is 27.5. The first-order valence-electron chi connectivity index (χ1n) is 14.4. The van der Waals surface area contributed by atoms with Crippen LogP contribution < -0.4 is 4.90 Å². The molecule has 3 aromatic carbocycles. The maximum atomic E-state index is 13.3. The molecule has 1 saturated carbocycles. The second kappa shape index (κ2) is 11.0. The number of ketones is 1. The van der Waals surface area contributed by atoms with E-state index in [4.69, 9.17) is 9.72 Å². The van der Waals surface area contributed by atoms with Crippen LogP contribution in [0.5, 0.6) is 0 Å². The highest BCUT2D eigenvalue weighted by Crippen LogP contribution is 2.42. The van der Waals surface area contributed by atoms with Crippen molar-refractivity contribution in [2.75, 3.05) is 11.5 Å². The van der Waals surface area contributed by atoms with Crippen LogP contribution in [0.3, 0.4) is 0 Å². The third-order valence-corrected chi connectivity index (χ3v) is 8.50. The number of esters is 1. The Morgan fingerprint density at radius 1 is 0.857 bits per heavy atom. The number of benzene rings is 3. The standard InChI is InChI=1S/C35H32N2O5/c1-20-4-8-24(9-5-20)32(38)19-42-35(41)29-18-31(36-30-15-7-22(3)16-27(29)30)23-10-12-25(13-11-23)37-33(39)26-14-6-21(2)17-28(26)34(37)40/h4-5,7-13,15-16,18,21,26,28H,6,14,17,19H2,1-3H3/t21-,26-,28-/m0/s1. The third kappa shape index (κ3) is 5.11. The van der Waals surface area contributed by atoms with Crippen LogP contribution in [0.25, 0.3) is 22.2 Å². The Kier molecular flexibility index (Phi) is 7.19. The van der Waals surface area contributed by atoms with E-state index in [1.807, 2.05) is 44.2 Å². The maximum Gasteiger partial charge on any atom is 0.339 e. The molecule has 1 aliphatic heterocycles. The van der Waals surface area contributed by atoms with Crippen LogP contribution >= 0.6 is 0 Å². The van der Waals surface area contributed by atoms with Crippen molar-refractivity contribution in [3.8, 4) is 11.3 Å². The Balaban J connectivity index is 1.27. The lowest BCUT2D eigenvalue weighted by Gasteiger charge is -2.25. The fourth-order valence-corrected chi connectivity index (χ4v) is 6.11. The van der Waals surface area contributed by atoms with Crippen molar-refractivity contribution >= 4 is 40.2 Å². The number of ether oxygens (including phenoxy) is 1. The highest BCUT2D eigenvalue weighted by molar-refractivity contribution is 6.22. The van der Waals surface area contributed by atoms with Gasteiger partial charge in [0, 0.05) is 16.5 Å². The summed E-state index contributed by atoms with van der Waals surface area (Å²) in [7, 11) is 0. The van der Waals surface area contributed by atoms with Crippen molar-refractivity contribution < 1.29 is 23.9 Å². The first-order valence-corrected chi connectivity index (χ1v) is 14.4. The summed E-state index contributed by atoms with van der Waals surface area (Å²) in [6.07, 6.45) is 2.46. The summed E-state index contributed by atoms with van der Waals surface area (Å²) >= 11 is 0. The smallest absolute Gasteiger partial charge is 0.339 e. The summed E-state index contributed by atoms with van der Waals surface area (Å²) in [5.74, 6) is -1.16. The molecule has 3 atom stereocenters. The van der Waals surface area contributed by atoms with Crippen molar-refractivity contribution in [1.29, 1.82) is 0 Å². The van der Waals surface area contributed by atoms with E-state index >= 15 is 0 Å². The Bertz CT molecular complexity index is 1730. The zero-order chi connectivity index (χ0) is 29.5. The number of nitrogens with zero attached hydrogens (tertiary/aromatic N) is 2. The highest BCUT2D eigenvalue weighted by Gasteiger charge is 2.49. The Hall–Kier alpha value is -4.65. The summed E-state index contributed by atoms with van der Waals surface area (Å²) in [6, 6.07) is 21.5. The molecule has 2 fully saturated rings. The molecule has 1 aromatic heterocycles. The summed E-state index contributed by atoms with van der Waals surface area (Å²) < 4.78 is 5.48. The Labute approximate surface area is 244 Å². The van der Waals surface area contributed by atoms with E-state index in [9.17, 15) is 19.2 Å². The van der Waals surface area contributed by atoms with E-state index in [2.05, 4.69) is 6.92 Å². The Morgan fingerprint density at radius 3 is 2.29 bits per heavy atom. The average Bonchev–Trinajstić information content (AvgIpc) is 3.24. The van der Waals surface area contributed by atoms with Gasteiger partial charge < -0.3 is 4.74 Å². The molecule has 7 heteroatoms. The number of imide groups is 1. The molecule has 1 aliphatic carbocycles. The number of hydrogen-bond acceptors (Lipinski definition) is 6. The number of anilines is 1. The maximum absolute atomic E-state index is 13.3. The van der Waals surface area contributed by atoms with E-state index < -0.39 is 5.97 Å². The highest BCUT2D eigenvalue weighted by atomic mass is 16.5. The predicted molar refractivity (Wildman–Crippen MR) is 160 cm³/mol. The summed E-state index contributed by atoms with van der Waals surface area (Å²) in [5.41, 5.74) is 5.20. The van der Waals surface area contributed by atoms with E-state index in [0.717, 1.165) is 36.0 Å². The normalized spacial score (nSPS) is 20.1. The van der Waals surface area contributed by atoms with Gasteiger partial charge in [0.1, 0.15) is 0 Å². The minimum absolute atomic E-state index is 0.117. The van der Waals surface area contributed by atoms with E-state index in [-0.39, 0.29) is 36.0 Å². The van der Waals surface area contributed by atoms with Gasteiger partial charge in [-0.2, -0.15) is 0 Å². The quantitative estimate of drug-likeness (QED) is 0.152. The number of fused-ring (bicyclic) bond motifs is 2. The number of pyridine rings is 1. The molecule has 6 rings (SSSR count). The van der Waals surface area contributed by atoms with Crippen molar-refractivity contribution in [1.82, 2.24) is 4.98 Å². The number of Topliss-reactive ketones (excluding diaryl/α,β-unsaturated/α-hetero) is 1. The lowest BCUT2D eigenvalue weighted by Crippen LogP contribution is -2.30. The lowest BCUT2D eigenvalue weighted by atomic mass is 9.76. The number of carbonyl (C=O) groups is 4. The van der Waals surface area contributed by atoms with Gasteiger partial charge in [0.15, 0.2) is 12.4 Å². The van der Waals surface area contributed by atoms with E-state index in [0.29, 0.717) is 39.3 Å². The number of hydrogen-bond donors (Lipinski definition) is 0. The Morgan fingerprint density at radius 2 is 1.55 bits per heavy atom. The molecular formula is C35H32N2O5. The number of carbonyl (C=O) groups excluding carboxylic acids is 4. The van der Waals surface area contributed by atoms with Crippen molar-refractivity contribution in [2.24, 2.45) is 17.8 Å². The van der Waals surface area contributed by atoms with Crippen molar-refractivity contribution in [2.45, 2.75) is 40.0 Å². The largest absolute Gasteiger partial charge is 0.454 e. The monoisotopic (exact) mass is 560 g/mol. The molecule has 0 unspecified atom stereocenters. The minimum atomic E-state index is -0.614. The molecule has 2 amide bonds. The van der Waals surface area contributed by atoms with Crippen LogP contribution in [-0.4, -0.2) is 35.2 Å². The summed E-state index contributed by atoms with van der Waals surface area (Å²) in [4.78, 5) is 58.4. The molecule has 212 valence electrons. The minimum Gasteiger partial charge on any atom is -0.454 e. The number of aromatic nitrogens is 1. The SMILES string of the molecule is Cc1ccc(C(=O)COC(=O)c2cc(-c3ccc(N4C(=O)[C@H]5CC[C@H](C)C[C@@H]5C4=O)cc3)nc3ccc(C)cc23)cc1. The molecule has 0 radical (unpaired) electrons. The van der Waals surface area contributed by atoms with Gasteiger partial charge in [0.2, 0.25) is 11.8 Å². The molecular weight excluding hydrogens is 528 g/mol. The molecule has 42 heavy (non-hydrogen) atoms. The second-order valence-electron chi connectivity index (χ2n) is 11.6. The van der Waals surface area contributed by atoms with Crippen LogP contribution in [0.4, 0.5) is 5.69 Å². The fraction of sp³-hybridized carbons (Fsp3) is 0.286. The molecule has 1 saturated heterocycles. The van der Waals surface area contributed by atoms with Gasteiger partial charge in [-0.3, -0.25) is 19.3 Å². The van der Waals surface area contributed by atoms with Gasteiger partial charge >= 0.3 is 5.97 Å².